The van der Waals surface area contributed by atoms with Crippen molar-refractivity contribution in [2.75, 3.05) is 44.7 Å². The van der Waals surface area contributed by atoms with Gasteiger partial charge in [0.25, 0.3) is 0 Å². The number of benzene rings is 1. The number of aliphatic imine (C=N–C) groups is 1. The van der Waals surface area contributed by atoms with Crippen LogP contribution in [0.1, 0.15) is 25.3 Å². The van der Waals surface area contributed by atoms with Crippen molar-refractivity contribution in [1.29, 1.82) is 0 Å². The Morgan fingerprint density at radius 2 is 1.96 bits per heavy atom. The molecule has 2 N–H and O–H groups in total. The molecule has 1 saturated heterocycles. The van der Waals surface area contributed by atoms with Crippen LogP contribution in [0.15, 0.2) is 29.3 Å². The van der Waals surface area contributed by atoms with Crippen LogP contribution in [0.2, 0.25) is 0 Å². The minimum atomic E-state index is -4.20. The van der Waals surface area contributed by atoms with Gasteiger partial charge >= 0.3 is 6.18 Å². The minimum Gasteiger partial charge on any atom is -0.357 e. The van der Waals surface area contributed by atoms with Crippen LogP contribution in [0, 0.1) is 0 Å². The fraction of sp³-hybridized carbons (Fsp3) is 0.579. The average Bonchev–Trinajstić information content (AvgIpc) is 3.04. The summed E-state index contributed by atoms with van der Waals surface area (Å²) < 4.78 is 37.0. The highest BCUT2D eigenvalue weighted by Crippen LogP contribution is 2.21. The molecule has 28 heavy (non-hydrogen) atoms. The van der Waals surface area contributed by atoms with E-state index in [1.807, 2.05) is 31.2 Å². The van der Waals surface area contributed by atoms with E-state index in [4.69, 9.17) is 0 Å². The Labute approximate surface area is 163 Å². The number of nitrogens with one attached hydrogen (secondary N) is 2. The van der Waals surface area contributed by atoms with Gasteiger partial charge in [-0.1, -0.05) is 12.1 Å². The third kappa shape index (κ3) is 7.38. The first kappa shape index (κ1) is 22.0. The molecule has 6 nitrogen and oxygen atoms in total. The number of halogens is 3. The fourth-order valence-corrected chi connectivity index (χ4v) is 2.96. The number of alkyl halides is 3. The molecule has 156 valence electrons. The van der Waals surface area contributed by atoms with Crippen molar-refractivity contribution in [1.82, 2.24) is 15.5 Å². The van der Waals surface area contributed by atoms with E-state index >= 15 is 0 Å². The molecular weight excluding hydrogens is 371 g/mol. The molecule has 1 aromatic carbocycles. The van der Waals surface area contributed by atoms with E-state index in [0.717, 1.165) is 24.2 Å². The predicted molar refractivity (Wildman–Crippen MR) is 104 cm³/mol. The second-order valence-electron chi connectivity index (χ2n) is 6.79. The van der Waals surface area contributed by atoms with Crippen LogP contribution in [0.5, 0.6) is 0 Å². The zero-order valence-corrected chi connectivity index (χ0v) is 16.4. The van der Waals surface area contributed by atoms with E-state index in [1.54, 1.807) is 4.90 Å². The number of rotatable bonds is 8. The third-order valence-electron chi connectivity index (χ3n) is 4.32. The molecule has 1 aliphatic heterocycles. The van der Waals surface area contributed by atoms with Crippen LogP contribution < -0.4 is 15.5 Å². The first-order valence-electron chi connectivity index (χ1n) is 9.45. The van der Waals surface area contributed by atoms with Crippen molar-refractivity contribution >= 4 is 17.6 Å². The lowest BCUT2D eigenvalue weighted by atomic mass is 10.2. The molecule has 9 heteroatoms. The number of hydrogen-bond donors (Lipinski definition) is 2. The zero-order chi connectivity index (χ0) is 20.6. The monoisotopic (exact) mass is 399 g/mol. The van der Waals surface area contributed by atoms with Gasteiger partial charge in [-0.25, -0.2) is 4.99 Å². The van der Waals surface area contributed by atoms with Crippen LogP contribution in [0.3, 0.4) is 0 Å². The summed E-state index contributed by atoms with van der Waals surface area (Å²) in [5, 5.41) is 6.13. The van der Waals surface area contributed by atoms with Crippen molar-refractivity contribution in [3.05, 3.63) is 29.8 Å². The summed E-state index contributed by atoms with van der Waals surface area (Å²) in [6, 6.07) is 7.71. The summed E-state index contributed by atoms with van der Waals surface area (Å²) in [6.45, 7) is 3.44. The zero-order valence-electron chi connectivity index (χ0n) is 16.4. The molecule has 0 spiro atoms. The normalized spacial score (nSPS) is 15.4. The SMILES string of the molecule is CCNC(=NCc1ccc(N2CCCC2=O)cc1)NCCN(C)CC(F)(F)F. The van der Waals surface area contributed by atoms with Gasteiger partial charge in [-0.15, -0.1) is 0 Å². The van der Waals surface area contributed by atoms with Gasteiger partial charge in [0, 0.05) is 38.3 Å². The van der Waals surface area contributed by atoms with Crippen molar-refractivity contribution in [2.45, 2.75) is 32.5 Å². The number of likely N-dealkylation sites (N-methyl/N-ethyl adjacent to an activating group) is 1. The molecule has 0 saturated carbocycles. The summed E-state index contributed by atoms with van der Waals surface area (Å²) in [7, 11) is 1.44. The van der Waals surface area contributed by atoms with E-state index in [0.29, 0.717) is 32.0 Å². The van der Waals surface area contributed by atoms with Crippen LogP contribution in [-0.2, 0) is 11.3 Å². The maximum absolute atomic E-state index is 12.3. The summed E-state index contributed by atoms with van der Waals surface area (Å²) in [5.41, 5.74) is 1.88. The molecule has 0 aromatic heterocycles. The number of nitrogens with zero attached hydrogens (tertiary/aromatic N) is 3. The second-order valence-corrected chi connectivity index (χ2v) is 6.79. The quantitative estimate of drug-likeness (QED) is 0.521. The molecule has 2 rings (SSSR count). The molecule has 0 atom stereocenters. The summed E-state index contributed by atoms with van der Waals surface area (Å²) >= 11 is 0. The smallest absolute Gasteiger partial charge is 0.357 e. The van der Waals surface area contributed by atoms with Gasteiger partial charge in [-0.2, -0.15) is 13.2 Å². The summed E-state index contributed by atoms with van der Waals surface area (Å²) in [4.78, 5) is 19.3. The number of carbonyl (C=O) groups is 1. The van der Waals surface area contributed by atoms with E-state index in [2.05, 4.69) is 15.6 Å². The van der Waals surface area contributed by atoms with Gasteiger partial charge in [0.1, 0.15) is 0 Å². The van der Waals surface area contributed by atoms with Gasteiger partial charge in [-0.05, 0) is 38.1 Å². The standard InChI is InChI=1S/C19H28F3N5O/c1-3-23-18(24-10-12-26(2)14-19(20,21)22)25-13-15-6-8-16(9-7-15)27-11-4-5-17(27)28/h6-9H,3-5,10-14H2,1-2H3,(H2,23,24,25). The number of amides is 1. The average molecular weight is 399 g/mol. The summed E-state index contributed by atoms with van der Waals surface area (Å²) in [6.07, 6.45) is -2.71. The van der Waals surface area contributed by atoms with E-state index < -0.39 is 12.7 Å². The lowest BCUT2D eigenvalue weighted by molar-refractivity contribution is -0.142. The molecule has 1 heterocycles. The first-order chi connectivity index (χ1) is 13.3. The lowest BCUT2D eigenvalue weighted by Crippen LogP contribution is -2.42. The van der Waals surface area contributed by atoms with Crippen LogP contribution in [-0.4, -0.2) is 62.7 Å². The topological polar surface area (TPSA) is 60.0 Å². The van der Waals surface area contributed by atoms with Crippen molar-refractivity contribution in [2.24, 2.45) is 4.99 Å². The Morgan fingerprint density at radius 1 is 1.25 bits per heavy atom. The number of carbonyl (C=O) groups excluding carboxylic acids is 1. The Balaban J connectivity index is 1.85. The highest BCUT2D eigenvalue weighted by atomic mass is 19.4. The molecule has 0 aliphatic carbocycles. The maximum Gasteiger partial charge on any atom is 0.401 e. The Bertz CT molecular complexity index is 661. The number of hydrogen-bond acceptors (Lipinski definition) is 3. The minimum absolute atomic E-state index is 0.153. The lowest BCUT2D eigenvalue weighted by Gasteiger charge is -2.19. The van der Waals surface area contributed by atoms with Crippen molar-refractivity contribution in [3.63, 3.8) is 0 Å². The molecule has 0 bridgehead atoms. The third-order valence-corrected chi connectivity index (χ3v) is 4.32. The van der Waals surface area contributed by atoms with E-state index in [-0.39, 0.29) is 12.5 Å². The highest BCUT2D eigenvalue weighted by Gasteiger charge is 2.28. The van der Waals surface area contributed by atoms with Gasteiger partial charge < -0.3 is 15.5 Å². The Morgan fingerprint density at radius 3 is 2.54 bits per heavy atom. The van der Waals surface area contributed by atoms with Crippen molar-refractivity contribution < 1.29 is 18.0 Å². The van der Waals surface area contributed by atoms with Crippen LogP contribution in [0.4, 0.5) is 18.9 Å². The van der Waals surface area contributed by atoms with Crippen LogP contribution in [0.25, 0.3) is 0 Å². The maximum atomic E-state index is 12.3. The molecule has 1 aliphatic rings. The molecule has 1 fully saturated rings. The highest BCUT2D eigenvalue weighted by molar-refractivity contribution is 5.95. The van der Waals surface area contributed by atoms with Gasteiger partial charge in [-0.3, -0.25) is 9.69 Å². The summed E-state index contributed by atoms with van der Waals surface area (Å²) in [5.74, 6) is 0.710. The second kappa shape index (κ2) is 10.3. The van der Waals surface area contributed by atoms with Gasteiger partial charge in [0.2, 0.25) is 5.91 Å². The largest absolute Gasteiger partial charge is 0.401 e. The fourth-order valence-electron chi connectivity index (χ4n) is 2.96. The Kier molecular flexibility index (Phi) is 8.10. The van der Waals surface area contributed by atoms with Gasteiger partial charge in [0.05, 0.1) is 13.1 Å². The van der Waals surface area contributed by atoms with E-state index in [9.17, 15) is 18.0 Å². The van der Waals surface area contributed by atoms with Gasteiger partial charge in [0.15, 0.2) is 5.96 Å². The molecular formula is C19H28F3N5O. The van der Waals surface area contributed by atoms with Crippen LogP contribution >= 0.6 is 0 Å². The first-order valence-corrected chi connectivity index (χ1v) is 9.45. The molecule has 1 aromatic rings. The molecule has 1 amide bonds. The molecule has 0 unspecified atom stereocenters. The van der Waals surface area contributed by atoms with Crippen molar-refractivity contribution in [3.8, 4) is 0 Å². The number of anilines is 1. The molecule has 0 radical (unpaired) electrons. The van der Waals surface area contributed by atoms with E-state index in [1.165, 1.54) is 11.9 Å². The number of guanidine groups is 1. The predicted octanol–water partition coefficient (Wildman–Crippen LogP) is 2.36. The Hall–Kier alpha value is -2.29.